The second kappa shape index (κ2) is 9.57. The molecule has 3 aliphatic rings. The van der Waals surface area contributed by atoms with Crippen molar-refractivity contribution in [2.75, 3.05) is 38.3 Å². The van der Waals surface area contributed by atoms with Crippen molar-refractivity contribution in [2.24, 2.45) is 0 Å². The number of aromatic carboxylic acids is 1. The van der Waals surface area contributed by atoms with E-state index in [4.69, 9.17) is 14.6 Å². The number of rotatable bonds is 7. The van der Waals surface area contributed by atoms with Crippen molar-refractivity contribution < 1.29 is 19.5 Å². The van der Waals surface area contributed by atoms with Crippen LogP contribution in [-0.2, 0) is 9.57 Å². The molecule has 2 atom stereocenters. The monoisotopic (exact) mass is 487 g/mol. The molecule has 2 aromatic rings. The van der Waals surface area contributed by atoms with E-state index in [1.807, 2.05) is 36.5 Å². The topological polar surface area (TPSA) is 109 Å². The van der Waals surface area contributed by atoms with E-state index in [1.54, 1.807) is 4.57 Å². The average Bonchev–Trinajstić information content (AvgIpc) is 3.21. The molecule has 0 radical (unpaired) electrons. The standard InChI is InChI=1S/C23H29N5O5S/c1-14-9-18(27-10-15(11-27)25-33-13-16-5-3-4-7-32-16)24-21-19(14)20(29)17(22(30)31)12-28(21)23-26(2)6-8-34-23/h6,8-9,12,15-16,23,25H,3-5,7,10-11,13H2,1-2H3,(H,30,31)/t16-,23?/m0/s1. The third-order valence-corrected chi connectivity index (χ3v) is 7.56. The van der Waals surface area contributed by atoms with Gasteiger partial charge in [0.05, 0.1) is 24.1 Å². The quantitative estimate of drug-likeness (QED) is 0.565. The van der Waals surface area contributed by atoms with E-state index in [-0.39, 0.29) is 23.2 Å². The van der Waals surface area contributed by atoms with Crippen LogP contribution in [0.3, 0.4) is 0 Å². The Hall–Kier alpha value is -2.60. The molecule has 0 spiro atoms. The summed E-state index contributed by atoms with van der Waals surface area (Å²) in [5.74, 6) is -0.480. The molecule has 0 aromatic carbocycles. The number of ether oxygens (including phenoxy) is 1. The summed E-state index contributed by atoms with van der Waals surface area (Å²) in [6.45, 7) is 4.63. The Balaban J connectivity index is 1.36. The molecule has 5 rings (SSSR count). The number of hydrogen-bond donors (Lipinski definition) is 2. The molecule has 5 heterocycles. The molecular weight excluding hydrogens is 458 g/mol. The van der Waals surface area contributed by atoms with Gasteiger partial charge < -0.3 is 24.2 Å². The summed E-state index contributed by atoms with van der Waals surface area (Å²) in [4.78, 5) is 39.3. The van der Waals surface area contributed by atoms with Gasteiger partial charge in [0.2, 0.25) is 5.43 Å². The first-order chi connectivity index (χ1) is 16.4. The van der Waals surface area contributed by atoms with Crippen LogP contribution in [0, 0.1) is 6.92 Å². The van der Waals surface area contributed by atoms with Crippen LogP contribution in [0.1, 0.15) is 40.7 Å². The van der Waals surface area contributed by atoms with Gasteiger partial charge in [0, 0.05) is 39.1 Å². The van der Waals surface area contributed by atoms with Crippen LogP contribution in [0.2, 0.25) is 0 Å². The zero-order valence-corrected chi connectivity index (χ0v) is 20.1. The molecule has 34 heavy (non-hydrogen) atoms. The Morgan fingerprint density at radius 3 is 2.88 bits per heavy atom. The lowest BCUT2D eigenvalue weighted by Crippen LogP contribution is -2.58. The molecule has 182 valence electrons. The van der Waals surface area contributed by atoms with Gasteiger partial charge in [-0.3, -0.25) is 9.63 Å². The van der Waals surface area contributed by atoms with E-state index in [2.05, 4.69) is 10.4 Å². The Morgan fingerprint density at radius 2 is 2.21 bits per heavy atom. The molecule has 2 saturated heterocycles. The summed E-state index contributed by atoms with van der Waals surface area (Å²) < 4.78 is 7.47. The van der Waals surface area contributed by atoms with Crippen LogP contribution in [0.5, 0.6) is 0 Å². The minimum atomic E-state index is -1.24. The molecule has 1 unspecified atom stereocenters. The van der Waals surface area contributed by atoms with E-state index in [1.165, 1.54) is 24.4 Å². The van der Waals surface area contributed by atoms with Gasteiger partial charge in [-0.15, -0.1) is 0 Å². The van der Waals surface area contributed by atoms with Crippen LogP contribution in [-0.4, -0.2) is 71.0 Å². The first-order valence-electron chi connectivity index (χ1n) is 11.5. The van der Waals surface area contributed by atoms with Gasteiger partial charge in [-0.2, -0.15) is 5.48 Å². The Labute approximate surface area is 201 Å². The van der Waals surface area contributed by atoms with E-state index in [9.17, 15) is 14.7 Å². The van der Waals surface area contributed by atoms with Crippen LogP contribution < -0.4 is 15.8 Å². The van der Waals surface area contributed by atoms with Gasteiger partial charge >= 0.3 is 5.97 Å². The van der Waals surface area contributed by atoms with Crippen molar-refractivity contribution in [3.8, 4) is 0 Å². The van der Waals surface area contributed by atoms with E-state index >= 15 is 0 Å². The van der Waals surface area contributed by atoms with Crippen LogP contribution in [0.15, 0.2) is 28.7 Å². The molecule has 2 aromatic heterocycles. The number of thioether (sulfide) groups is 1. The fourth-order valence-electron chi connectivity index (χ4n) is 4.55. The minimum Gasteiger partial charge on any atom is -0.477 e. The van der Waals surface area contributed by atoms with Gasteiger partial charge in [0.15, 0.2) is 5.50 Å². The predicted octanol–water partition coefficient (Wildman–Crippen LogP) is 2.29. The maximum Gasteiger partial charge on any atom is 0.341 e. The third kappa shape index (κ3) is 4.40. The third-order valence-electron chi connectivity index (χ3n) is 6.48. The molecular formula is C23H29N5O5S. The largest absolute Gasteiger partial charge is 0.477 e. The number of carboxylic acid groups (broad SMARTS) is 1. The van der Waals surface area contributed by atoms with Crippen molar-refractivity contribution in [1.29, 1.82) is 0 Å². The zero-order chi connectivity index (χ0) is 23.8. The summed E-state index contributed by atoms with van der Waals surface area (Å²) >= 11 is 1.53. The fourth-order valence-corrected chi connectivity index (χ4v) is 5.51. The summed E-state index contributed by atoms with van der Waals surface area (Å²) in [5, 5.41) is 11.9. The first-order valence-corrected chi connectivity index (χ1v) is 12.4. The average molecular weight is 488 g/mol. The second-order valence-electron chi connectivity index (χ2n) is 9.01. The van der Waals surface area contributed by atoms with Crippen molar-refractivity contribution >= 4 is 34.6 Å². The molecule has 10 nitrogen and oxygen atoms in total. The smallest absolute Gasteiger partial charge is 0.341 e. The lowest BCUT2D eigenvalue weighted by molar-refractivity contribution is -0.0799. The summed E-state index contributed by atoms with van der Waals surface area (Å²) in [5.41, 5.74) is 3.34. The lowest BCUT2D eigenvalue weighted by Gasteiger charge is -2.40. The molecule has 11 heteroatoms. The highest BCUT2D eigenvalue weighted by Crippen LogP contribution is 2.36. The SMILES string of the molecule is Cc1cc(N2CC(NOC[C@@H]3CCCCO3)C2)nc2c1c(=O)c(C(=O)O)cn2C1SC=CN1C. The summed E-state index contributed by atoms with van der Waals surface area (Å²) in [6.07, 6.45) is 6.83. The van der Waals surface area contributed by atoms with Crippen molar-refractivity contribution in [2.45, 2.75) is 43.8 Å². The number of hydrogen-bond acceptors (Lipinski definition) is 9. The predicted molar refractivity (Wildman–Crippen MR) is 130 cm³/mol. The van der Waals surface area contributed by atoms with Crippen molar-refractivity contribution in [1.82, 2.24) is 19.9 Å². The zero-order valence-electron chi connectivity index (χ0n) is 19.3. The minimum absolute atomic E-state index is 0.163. The second-order valence-corrected chi connectivity index (χ2v) is 9.98. The molecule has 0 amide bonds. The Morgan fingerprint density at radius 1 is 1.38 bits per heavy atom. The van der Waals surface area contributed by atoms with Crippen LogP contribution in [0.25, 0.3) is 11.0 Å². The van der Waals surface area contributed by atoms with E-state index in [0.29, 0.717) is 23.2 Å². The van der Waals surface area contributed by atoms with Gasteiger partial charge in [0.1, 0.15) is 17.0 Å². The number of nitrogens with zero attached hydrogens (tertiary/aromatic N) is 4. The number of hydroxylamine groups is 1. The van der Waals surface area contributed by atoms with E-state index in [0.717, 1.165) is 38.4 Å². The van der Waals surface area contributed by atoms with Gasteiger partial charge in [-0.05, 0) is 43.2 Å². The Kier molecular flexibility index (Phi) is 6.52. The number of anilines is 1. The lowest BCUT2D eigenvalue weighted by atomic mass is 10.1. The highest BCUT2D eigenvalue weighted by atomic mass is 32.2. The molecule has 0 bridgehead atoms. The van der Waals surface area contributed by atoms with Gasteiger partial charge in [-0.1, -0.05) is 11.8 Å². The molecule has 2 N–H and O–H groups in total. The Bertz CT molecular complexity index is 1170. The molecule has 0 saturated carbocycles. The molecule has 3 aliphatic heterocycles. The number of aryl methyl sites for hydroxylation is 1. The number of aromatic nitrogens is 2. The highest BCUT2D eigenvalue weighted by molar-refractivity contribution is 8.02. The number of fused-ring (bicyclic) bond motifs is 1. The highest BCUT2D eigenvalue weighted by Gasteiger charge is 2.31. The van der Waals surface area contributed by atoms with Gasteiger partial charge in [-0.25, -0.2) is 9.78 Å². The number of pyridine rings is 2. The number of carboxylic acids is 1. The van der Waals surface area contributed by atoms with Crippen LogP contribution >= 0.6 is 11.8 Å². The fraction of sp³-hybridized carbons (Fsp3) is 0.522. The summed E-state index contributed by atoms with van der Waals surface area (Å²) in [6, 6.07) is 2.04. The maximum atomic E-state index is 13.0. The number of nitrogens with one attached hydrogen (secondary N) is 1. The summed E-state index contributed by atoms with van der Waals surface area (Å²) in [7, 11) is 1.91. The maximum absolute atomic E-state index is 13.0. The van der Waals surface area contributed by atoms with Gasteiger partial charge in [0.25, 0.3) is 0 Å². The first kappa shape index (κ1) is 23.2. The van der Waals surface area contributed by atoms with E-state index < -0.39 is 11.4 Å². The molecule has 0 aliphatic carbocycles. The van der Waals surface area contributed by atoms with Crippen LogP contribution in [0.4, 0.5) is 5.82 Å². The number of carbonyl (C=O) groups is 1. The molecule has 2 fully saturated rings. The van der Waals surface area contributed by atoms with Crippen molar-refractivity contribution in [3.63, 3.8) is 0 Å². The van der Waals surface area contributed by atoms with Crippen molar-refractivity contribution in [3.05, 3.63) is 45.2 Å². The normalized spacial score (nSPS) is 23.0.